The number of unbranched alkanes of at least 4 members (excludes halogenated alkanes) is 45. The van der Waals surface area contributed by atoms with Crippen molar-refractivity contribution >= 4 is 5.97 Å². The molecule has 74 heavy (non-hydrogen) atoms. The predicted molar refractivity (Wildman–Crippen MR) is 336 cm³/mol. The normalized spacial score (nSPS) is 13.5. The molecule has 436 valence electrons. The van der Waals surface area contributed by atoms with Crippen molar-refractivity contribution < 1.29 is 9.90 Å². The maximum atomic E-state index is 13.9. The first kappa shape index (κ1) is 72.4. The Kier molecular flexibility index (Phi) is 61.0. The highest BCUT2D eigenvalue weighted by molar-refractivity contribution is 5.75. The fourth-order valence-corrected chi connectivity index (χ4v) is 11.7. The lowest BCUT2D eigenvalue weighted by Crippen LogP contribution is -2.39. The molecule has 0 aliphatic carbocycles. The molecule has 2 nitrogen and oxygen atoms in total. The van der Waals surface area contributed by atoms with E-state index in [1.54, 1.807) is 0 Å². The maximum Gasteiger partial charge on any atom is 0.309 e. The summed E-state index contributed by atoms with van der Waals surface area (Å²) in [5.74, 6) is -0.142. The van der Waals surface area contributed by atoms with Crippen molar-refractivity contribution in [2.75, 3.05) is 0 Å². The number of hydrogen-bond acceptors (Lipinski definition) is 1. The molecule has 0 aliphatic heterocycles. The lowest BCUT2D eigenvalue weighted by atomic mass is 9.65. The van der Waals surface area contributed by atoms with Crippen LogP contribution >= 0.6 is 0 Å². The summed E-state index contributed by atoms with van der Waals surface area (Å²) < 4.78 is 0. The van der Waals surface area contributed by atoms with E-state index in [9.17, 15) is 9.90 Å². The first-order chi connectivity index (χ1) is 36.6. The van der Waals surface area contributed by atoms with Crippen LogP contribution < -0.4 is 0 Å². The molecule has 0 saturated carbocycles. The number of carbonyl (C=O) groups is 1. The van der Waals surface area contributed by atoms with Gasteiger partial charge in [-0.3, -0.25) is 4.79 Å². The summed E-state index contributed by atoms with van der Waals surface area (Å²) in [4.78, 5) is 13.9. The highest BCUT2D eigenvalue weighted by Crippen LogP contribution is 2.45. The first-order valence-electron chi connectivity index (χ1n) is 34.4. The number of hydrogen-bond donors (Lipinski definition) is 1. The fourth-order valence-electron chi connectivity index (χ4n) is 11.7. The second-order valence-corrected chi connectivity index (χ2v) is 23.9. The van der Waals surface area contributed by atoms with E-state index >= 15 is 0 Å². The van der Waals surface area contributed by atoms with E-state index in [1.807, 2.05) is 0 Å². The molecule has 0 aliphatic rings. The number of rotatable bonds is 63. The first-order valence-corrected chi connectivity index (χ1v) is 34.4. The van der Waals surface area contributed by atoms with Gasteiger partial charge in [0.25, 0.3) is 0 Å². The summed E-state index contributed by atoms with van der Waals surface area (Å²) in [5, 5.41) is 11.5. The third-order valence-electron chi connectivity index (χ3n) is 16.9. The zero-order valence-corrected chi connectivity index (χ0v) is 51.4. The monoisotopic (exact) mass is 1030 g/mol. The Hall–Kier alpha value is -1.57. The van der Waals surface area contributed by atoms with Gasteiger partial charge in [0.2, 0.25) is 0 Å². The van der Waals surface area contributed by atoms with Gasteiger partial charge in [-0.2, -0.15) is 0 Å². The average Bonchev–Trinajstić information content (AvgIpc) is 3.40. The van der Waals surface area contributed by atoms with Crippen LogP contribution in [-0.4, -0.2) is 11.1 Å². The van der Waals surface area contributed by atoms with Crippen LogP contribution in [0.25, 0.3) is 0 Å². The number of carboxylic acid groups (broad SMARTS) is 1. The molecular formula is C72H136O2. The Morgan fingerprint density at radius 2 is 0.446 bits per heavy atom. The summed E-state index contributed by atoms with van der Waals surface area (Å²) in [6.07, 6.45) is 92.9. The zero-order chi connectivity index (χ0) is 53.6. The molecule has 0 heterocycles. The second-order valence-electron chi connectivity index (χ2n) is 23.9. The van der Waals surface area contributed by atoms with Crippen molar-refractivity contribution in [3.8, 4) is 0 Å². The topological polar surface area (TPSA) is 37.3 Å². The molecule has 0 radical (unpaired) electrons. The van der Waals surface area contributed by atoms with E-state index in [2.05, 4.69) is 76.3 Å². The zero-order valence-electron chi connectivity index (χ0n) is 51.4. The largest absolute Gasteiger partial charge is 0.481 e. The standard InChI is InChI=1S/C72H136O2/c1-5-9-13-17-21-25-29-33-36-39-43-47-51-55-59-63-67-70(66-62-58-54-50-46-42-32-28-24-20-16-12-8-4)72(71(73)74,68-64-60-56-52-48-44-40-37-34-30-26-22-18-14-10-6-2)69-65-61-57-53-49-45-41-38-35-31-27-23-19-15-11-7-3/h33-38,42,46,70H,5-32,39-41,43-45,47-69H2,1-4H3,(H,73,74). The van der Waals surface area contributed by atoms with Crippen LogP contribution in [-0.2, 0) is 4.79 Å². The Bertz CT molecular complexity index is 1150. The number of allylic oxidation sites excluding steroid dienone is 8. The summed E-state index contributed by atoms with van der Waals surface area (Å²) in [6.45, 7) is 9.19. The summed E-state index contributed by atoms with van der Waals surface area (Å²) in [6, 6.07) is 0. The van der Waals surface area contributed by atoms with E-state index in [1.165, 1.54) is 327 Å². The predicted octanol–water partition coefficient (Wildman–Crippen LogP) is 26.2. The van der Waals surface area contributed by atoms with Crippen molar-refractivity contribution in [2.45, 2.75) is 394 Å². The minimum atomic E-state index is -0.555. The highest BCUT2D eigenvalue weighted by Gasteiger charge is 2.44. The molecule has 0 bridgehead atoms. The molecule has 0 aromatic rings. The summed E-state index contributed by atoms with van der Waals surface area (Å²) in [7, 11) is 0. The van der Waals surface area contributed by atoms with Crippen LogP contribution in [0.15, 0.2) is 48.6 Å². The third-order valence-corrected chi connectivity index (χ3v) is 16.9. The van der Waals surface area contributed by atoms with Crippen LogP contribution in [0.2, 0.25) is 0 Å². The van der Waals surface area contributed by atoms with Crippen LogP contribution in [0.1, 0.15) is 394 Å². The van der Waals surface area contributed by atoms with Gasteiger partial charge in [-0.1, -0.05) is 314 Å². The minimum Gasteiger partial charge on any atom is -0.481 e. The van der Waals surface area contributed by atoms with E-state index in [0.717, 1.165) is 38.5 Å². The van der Waals surface area contributed by atoms with Crippen molar-refractivity contribution in [3.63, 3.8) is 0 Å². The van der Waals surface area contributed by atoms with E-state index in [-0.39, 0.29) is 0 Å². The molecule has 1 atom stereocenters. The lowest BCUT2D eigenvalue weighted by Gasteiger charge is -2.38. The van der Waals surface area contributed by atoms with Gasteiger partial charge in [-0.05, 0) is 134 Å². The minimum absolute atomic E-state index is 0.311. The average molecular weight is 1030 g/mol. The summed E-state index contributed by atoms with van der Waals surface area (Å²) in [5.41, 5.74) is -0.555. The third kappa shape index (κ3) is 51.2. The van der Waals surface area contributed by atoms with Gasteiger partial charge in [0, 0.05) is 0 Å². The van der Waals surface area contributed by atoms with Gasteiger partial charge >= 0.3 is 5.97 Å². The quantitative estimate of drug-likeness (QED) is 0.0487. The lowest BCUT2D eigenvalue weighted by molar-refractivity contribution is -0.155. The van der Waals surface area contributed by atoms with Crippen LogP contribution in [0.4, 0.5) is 0 Å². The van der Waals surface area contributed by atoms with Gasteiger partial charge in [-0.25, -0.2) is 0 Å². The Morgan fingerprint density at radius 3 is 0.662 bits per heavy atom. The molecular weight excluding hydrogens is 897 g/mol. The molecule has 1 N–H and O–H groups in total. The molecule has 2 heteroatoms. The highest BCUT2D eigenvalue weighted by atomic mass is 16.4. The Morgan fingerprint density at radius 1 is 0.270 bits per heavy atom. The fraction of sp³-hybridized carbons (Fsp3) is 0.875. The van der Waals surface area contributed by atoms with Crippen molar-refractivity contribution in [2.24, 2.45) is 11.3 Å². The van der Waals surface area contributed by atoms with E-state index < -0.39 is 11.4 Å². The summed E-state index contributed by atoms with van der Waals surface area (Å²) >= 11 is 0. The van der Waals surface area contributed by atoms with Gasteiger partial charge in [-0.15, -0.1) is 0 Å². The SMILES string of the molecule is CCCCCCCCC=CCCCCCCCCC(CCCCCC=CCCCCCCCC)C(CCCCCCCCC=CCCCCCCCC)(CCCCCCCCC=CCCCCCCCC)C(=O)O. The van der Waals surface area contributed by atoms with E-state index in [4.69, 9.17) is 0 Å². The Balaban J connectivity index is 5.41. The maximum absolute atomic E-state index is 13.9. The van der Waals surface area contributed by atoms with Crippen molar-refractivity contribution in [1.29, 1.82) is 0 Å². The van der Waals surface area contributed by atoms with Crippen molar-refractivity contribution in [3.05, 3.63) is 48.6 Å². The van der Waals surface area contributed by atoms with Gasteiger partial charge < -0.3 is 5.11 Å². The molecule has 0 fully saturated rings. The molecule has 0 amide bonds. The molecule has 0 rings (SSSR count). The van der Waals surface area contributed by atoms with Crippen molar-refractivity contribution in [1.82, 2.24) is 0 Å². The van der Waals surface area contributed by atoms with E-state index in [0.29, 0.717) is 5.92 Å². The molecule has 1 unspecified atom stereocenters. The Labute approximate surface area is 467 Å². The smallest absolute Gasteiger partial charge is 0.309 e. The van der Waals surface area contributed by atoms with Gasteiger partial charge in [0.15, 0.2) is 0 Å². The van der Waals surface area contributed by atoms with Gasteiger partial charge in [0.05, 0.1) is 5.41 Å². The van der Waals surface area contributed by atoms with Crippen LogP contribution in [0.3, 0.4) is 0 Å². The number of aliphatic carboxylic acids is 1. The van der Waals surface area contributed by atoms with Gasteiger partial charge in [0.1, 0.15) is 0 Å². The molecule has 0 saturated heterocycles. The molecule has 0 aromatic carbocycles. The number of carboxylic acids is 1. The van der Waals surface area contributed by atoms with Crippen LogP contribution in [0, 0.1) is 11.3 Å². The molecule has 0 spiro atoms. The molecule has 0 aromatic heterocycles. The van der Waals surface area contributed by atoms with Crippen LogP contribution in [0.5, 0.6) is 0 Å². The second kappa shape index (κ2) is 62.3.